The smallest absolute Gasteiger partial charge is 0.262 e. The molecule has 1 saturated carbocycles. The van der Waals surface area contributed by atoms with Crippen LogP contribution in [0, 0.1) is 11.8 Å². The molecule has 0 saturated heterocycles. The van der Waals surface area contributed by atoms with Crippen LogP contribution in [0.1, 0.15) is 39.0 Å². The average molecular weight is 349 g/mol. The van der Waals surface area contributed by atoms with Crippen LogP contribution in [0.2, 0.25) is 0 Å². The van der Waals surface area contributed by atoms with Crippen molar-refractivity contribution in [2.45, 2.75) is 43.9 Å². The standard InChI is InChI=1S/C17H23N3O3S/c1-12-11-15(12)17(21)19-13-6-8-14(9-7-13)24(22,23)20-16-5-3-2-4-10-18-16/h6-9,12,15H,2-5,10-11H2,1H3,(H,18,20)(H,19,21). The van der Waals surface area contributed by atoms with Crippen molar-refractivity contribution in [3.8, 4) is 0 Å². The summed E-state index contributed by atoms with van der Waals surface area (Å²) < 4.78 is 27.4. The van der Waals surface area contributed by atoms with E-state index >= 15 is 0 Å². The Bertz CT molecular complexity index is 741. The molecule has 2 N–H and O–H groups in total. The highest BCUT2D eigenvalue weighted by Gasteiger charge is 2.39. The summed E-state index contributed by atoms with van der Waals surface area (Å²) in [5, 5.41) is 2.82. The Morgan fingerprint density at radius 2 is 1.88 bits per heavy atom. The zero-order valence-corrected chi connectivity index (χ0v) is 14.6. The average Bonchev–Trinajstić information content (AvgIpc) is 3.31. The molecule has 6 nitrogen and oxygen atoms in total. The van der Waals surface area contributed by atoms with Crippen molar-refractivity contribution in [1.29, 1.82) is 0 Å². The van der Waals surface area contributed by atoms with Gasteiger partial charge in [0, 0.05) is 24.6 Å². The number of carbonyl (C=O) groups excluding carboxylic acids is 1. The Labute approximate surface area is 142 Å². The first-order chi connectivity index (χ1) is 11.5. The molecular formula is C17H23N3O3S. The number of nitrogens with zero attached hydrogens (tertiary/aromatic N) is 1. The van der Waals surface area contributed by atoms with Crippen LogP contribution in [0.25, 0.3) is 0 Å². The van der Waals surface area contributed by atoms with Gasteiger partial charge in [0.1, 0.15) is 5.84 Å². The van der Waals surface area contributed by atoms with E-state index in [0.717, 1.165) is 25.7 Å². The molecule has 0 aromatic heterocycles. The number of rotatable bonds is 4. The lowest BCUT2D eigenvalue weighted by Gasteiger charge is -2.10. The first kappa shape index (κ1) is 17.0. The first-order valence-corrected chi connectivity index (χ1v) is 9.91. The maximum absolute atomic E-state index is 12.4. The van der Waals surface area contributed by atoms with Gasteiger partial charge < -0.3 is 5.32 Å². The van der Waals surface area contributed by atoms with Crippen molar-refractivity contribution in [1.82, 2.24) is 4.72 Å². The number of aliphatic imine (C=N–C) groups is 1. The molecule has 1 aromatic carbocycles. The van der Waals surface area contributed by atoms with E-state index in [1.54, 1.807) is 12.1 Å². The first-order valence-electron chi connectivity index (χ1n) is 8.43. The minimum Gasteiger partial charge on any atom is -0.326 e. The fourth-order valence-corrected chi connectivity index (χ4v) is 3.90. The maximum Gasteiger partial charge on any atom is 0.262 e. The van der Waals surface area contributed by atoms with Gasteiger partial charge in [-0.1, -0.05) is 13.3 Å². The fourth-order valence-electron chi connectivity index (χ4n) is 2.81. The molecular weight excluding hydrogens is 326 g/mol. The summed E-state index contributed by atoms with van der Waals surface area (Å²) in [5.74, 6) is 1.06. The van der Waals surface area contributed by atoms with Crippen LogP contribution in [0.4, 0.5) is 5.69 Å². The molecule has 2 atom stereocenters. The van der Waals surface area contributed by atoms with E-state index in [9.17, 15) is 13.2 Å². The second kappa shape index (κ2) is 6.93. The highest BCUT2D eigenvalue weighted by atomic mass is 32.2. The number of hydrogen-bond donors (Lipinski definition) is 2. The normalized spacial score (nSPS) is 23.8. The molecule has 0 bridgehead atoms. The van der Waals surface area contributed by atoms with E-state index in [0.29, 0.717) is 30.4 Å². The Morgan fingerprint density at radius 3 is 2.54 bits per heavy atom. The largest absolute Gasteiger partial charge is 0.326 e. The SMILES string of the molecule is CC1CC1C(=O)Nc1ccc(S(=O)(=O)NC2=NCCCCC2)cc1. The molecule has 1 fully saturated rings. The third kappa shape index (κ3) is 4.14. The van der Waals surface area contributed by atoms with E-state index in [1.807, 2.05) is 6.92 Å². The van der Waals surface area contributed by atoms with Crippen molar-refractivity contribution in [2.24, 2.45) is 16.8 Å². The molecule has 130 valence electrons. The Morgan fingerprint density at radius 1 is 1.17 bits per heavy atom. The van der Waals surface area contributed by atoms with Gasteiger partial charge in [0.25, 0.3) is 10.0 Å². The van der Waals surface area contributed by atoms with Gasteiger partial charge in [-0.25, -0.2) is 8.42 Å². The topological polar surface area (TPSA) is 87.6 Å². The quantitative estimate of drug-likeness (QED) is 0.875. The highest BCUT2D eigenvalue weighted by molar-refractivity contribution is 7.90. The summed E-state index contributed by atoms with van der Waals surface area (Å²) in [6, 6.07) is 6.25. The van der Waals surface area contributed by atoms with Gasteiger partial charge in [0.15, 0.2) is 0 Å². The third-order valence-electron chi connectivity index (χ3n) is 4.50. The van der Waals surface area contributed by atoms with Crippen LogP contribution < -0.4 is 10.0 Å². The highest BCUT2D eigenvalue weighted by Crippen LogP contribution is 2.38. The van der Waals surface area contributed by atoms with Crippen molar-refractivity contribution in [2.75, 3.05) is 11.9 Å². The second-order valence-electron chi connectivity index (χ2n) is 6.58. The lowest BCUT2D eigenvalue weighted by Crippen LogP contribution is -2.30. The van der Waals surface area contributed by atoms with Crippen LogP contribution in [-0.2, 0) is 14.8 Å². The summed E-state index contributed by atoms with van der Waals surface area (Å²) in [7, 11) is -3.63. The van der Waals surface area contributed by atoms with Crippen molar-refractivity contribution in [3.05, 3.63) is 24.3 Å². The number of nitrogens with one attached hydrogen (secondary N) is 2. The molecule has 2 unspecified atom stereocenters. The molecule has 24 heavy (non-hydrogen) atoms. The molecule has 1 aliphatic heterocycles. The van der Waals surface area contributed by atoms with Crippen LogP contribution in [-0.4, -0.2) is 26.7 Å². The summed E-state index contributed by atoms with van der Waals surface area (Å²) in [6.45, 7) is 2.71. The molecule has 2 aliphatic rings. The molecule has 7 heteroatoms. The van der Waals surface area contributed by atoms with Gasteiger partial charge in [-0.05, 0) is 49.4 Å². The van der Waals surface area contributed by atoms with Gasteiger partial charge in [-0.2, -0.15) is 0 Å². The van der Waals surface area contributed by atoms with Crippen LogP contribution in [0.5, 0.6) is 0 Å². The number of amides is 1. The molecule has 1 aromatic rings. The van der Waals surface area contributed by atoms with Gasteiger partial charge in [0.05, 0.1) is 4.90 Å². The number of anilines is 1. The van der Waals surface area contributed by atoms with E-state index in [4.69, 9.17) is 0 Å². The van der Waals surface area contributed by atoms with Crippen molar-refractivity contribution < 1.29 is 13.2 Å². The Kier molecular flexibility index (Phi) is 4.89. The molecule has 0 spiro atoms. The Balaban J connectivity index is 1.65. The lowest BCUT2D eigenvalue weighted by atomic mass is 10.2. The molecule has 3 rings (SSSR count). The predicted octanol–water partition coefficient (Wildman–Crippen LogP) is 2.53. The zero-order valence-electron chi connectivity index (χ0n) is 13.8. The monoisotopic (exact) mass is 349 g/mol. The summed E-state index contributed by atoms with van der Waals surface area (Å²) in [6.07, 6.45) is 4.60. The summed E-state index contributed by atoms with van der Waals surface area (Å²) >= 11 is 0. The summed E-state index contributed by atoms with van der Waals surface area (Å²) in [5.41, 5.74) is 0.616. The van der Waals surface area contributed by atoms with Crippen molar-refractivity contribution in [3.63, 3.8) is 0 Å². The maximum atomic E-state index is 12.4. The molecule has 0 radical (unpaired) electrons. The lowest BCUT2D eigenvalue weighted by molar-refractivity contribution is -0.117. The third-order valence-corrected chi connectivity index (χ3v) is 5.90. The number of hydrogen-bond acceptors (Lipinski definition) is 4. The molecule has 1 aliphatic carbocycles. The molecule has 1 amide bonds. The number of amidine groups is 1. The predicted molar refractivity (Wildman–Crippen MR) is 93.4 cm³/mol. The van der Waals surface area contributed by atoms with Gasteiger partial charge in [0.2, 0.25) is 5.91 Å². The Hall–Kier alpha value is -1.89. The van der Waals surface area contributed by atoms with Gasteiger partial charge in [-0.15, -0.1) is 0 Å². The van der Waals surface area contributed by atoms with Gasteiger partial charge in [-0.3, -0.25) is 14.5 Å². The summed E-state index contributed by atoms with van der Waals surface area (Å²) in [4.78, 5) is 16.4. The minimum atomic E-state index is -3.63. The van der Waals surface area contributed by atoms with Gasteiger partial charge >= 0.3 is 0 Å². The van der Waals surface area contributed by atoms with E-state index in [-0.39, 0.29) is 16.7 Å². The van der Waals surface area contributed by atoms with Crippen LogP contribution >= 0.6 is 0 Å². The zero-order chi connectivity index (χ0) is 17.2. The second-order valence-corrected chi connectivity index (χ2v) is 8.26. The number of sulfonamides is 1. The molecule has 1 heterocycles. The van der Waals surface area contributed by atoms with Crippen LogP contribution in [0.3, 0.4) is 0 Å². The van der Waals surface area contributed by atoms with E-state index < -0.39 is 10.0 Å². The van der Waals surface area contributed by atoms with Crippen molar-refractivity contribution >= 4 is 27.5 Å². The van der Waals surface area contributed by atoms with E-state index in [1.165, 1.54) is 12.1 Å². The number of carbonyl (C=O) groups is 1. The minimum absolute atomic E-state index is 0.00374. The fraction of sp³-hybridized carbons (Fsp3) is 0.529. The van der Waals surface area contributed by atoms with E-state index in [2.05, 4.69) is 15.0 Å². The van der Waals surface area contributed by atoms with Crippen LogP contribution in [0.15, 0.2) is 34.2 Å². The number of benzene rings is 1.